The van der Waals surface area contributed by atoms with E-state index in [9.17, 15) is 14.9 Å². The first-order valence-electron chi connectivity index (χ1n) is 11.9. The summed E-state index contributed by atoms with van der Waals surface area (Å²) < 4.78 is 0. The summed E-state index contributed by atoms with van der Waals surface area (Å²) in [6.45, 7) is 5.09. The van der Waals surface area contributed by atoms with E-state index < -0.39 is 4.92 Å². The van der Waals surface area contributed by atoms with Gasteiger partial charge in [-0.05, 0) is 47.9 Å². The summed E-state index contributed by atoms with van der Waals surface area (Å²) in [6, 6.07) is 13.3. The van der Waals surface area contributed by atoms with Crippen LogP contribution < -0.4 is 21.3 Å². The normalized spacial score (nSPS) is 13.3. The highest BCUT2D eigenvalue weighted by Crippen LogP contribution is 2.30. The second kappa shape index (κ2) is 10.9. The maximum absolute atomic E-state index is 13.0. The number of benzene rings is 2. The Kier molecular flexibility index (Phi) is 7.63. The van der Waals surface area contributed by atoms with Crippen molar-refractivity contribution in [1.82, 2.24) is 9.88 Å². The van der Waals surface area contributed by atoms with Crippen LogP contribution in [0.3, 0.4) is 0 Å². The van der Waals surface area contributed by atoms with E-state index in [1.54, 1.807) is 6.07 Å². The van der Waals surface area contributed by atoms with Crippen LogP contribution in [0, 0.1) is 10.1 Å². The second-order valence-corrected chi connectivity index (χ2v) is 10.5. The first-order valence-corrected chi connectivity index (χ1v) is 12.8. The van der Waals surface area contributed by atoms with Gasteiger partial charge in [-0.2, -0.15) is 0 Å². The number of amides is 1. The SMILES string of the molecule is CC(C)c1ccc(N)c(NC(=O)c2nc3c(s2)CN(C(=C[N+](=O)[O-])Nc2ccc(N(C)C)cc2)CC3)c1. The van der Waals surface area contributed by atoms with Crippen LogP contribution >= 0.6 is 11.3 Å². The number of nitrogens with one attached hydrogen (secondary N) is 2. The lowest BCUT2D eigenvalue weighted by molar-refractivity contribution is -0.404. The smallest absolute Gasteiger partial charge is 0.284 e. The lowest BCUT2D eigenvalue weighted by atomic mass is 10.0. The van der Waals surface area contributed by atoms with E-state index >= 15 is 0 Å². The molecule has 2 heterocycles. The number of nitrogens with zero attached hydrogens (tertiary/aromatic N) is 4. The van der Waals surface area contributed by atoms with Gasteiger partial charge in [0.25, 0.3) is 12.1 Å². The monoisotopic (exact) mass is 521 g/mol. The maximum atomic E-state index is 13.0. The molecule has 1 aromatic heterocycles. The second-order valence-electron chi connectivity index (χ2n) is 9.38. The third-order valence-corrected chi connectivity index (χ3v) is 7.22. The van der Waals surface area contributed by atoms with Crippen molar-refractivity contribution >= 4 is 40.0 Å². The van der Waals surface area contributed by atoms with Gasteiger partial charge in [-0.15, -0.1) is 11.3 Å². The van der Waals surface area contributed by atoms with E-state index in [1.807, 2.05) is 60.3 Å². The van der Waals surface area contributed by atoms with Gasteiger partial charge >= 0.3 is 0 Å². The molecule has 10 nitrogen and oxygen atoms in total. The highest BCUT2D eigenvalue weighted by Gasteiger charge is 2.26. The van der Waals surface area contributed by atoms with E-state index in [1.165, 1.54) is 11.3 Å². The quantitative estimate of drug-likeness (QED) is 0.221. The number of fused-ring (bicyclic) bond motifs is 1. The van der Waals surface area contributed by atoms with Crippen LogP contribution in [0.1, 0.15) is 45.7 Å². The molecule has 0 radical (unpaired) electrons. The fourth-order valence-corrected chi connectivity index (χ4v) is 5.02. The molecule has 11 heteroatoms. The molecule has 2 aromatic carbocycles. The lowest BCUT2D eigenvalue weighted by Gasteiger charge is -2.29. The maximum Gasteiger partial charge on any atom is 0.284 e. The Morgan fingerprint density at radius 3 is 2.59 bits per heavy atom. The highest BCUT2D eigenvalue weighted by atomic mass is 32.1. The minimum absolute atomic E-state index is 0.301. The molecule has 1 aliphatic heterocycles. The Bertz CT molecular complexity index is 1330. The van der Waals surface area contributed by atoms with E-state index in [2.05, 4.69) is 29.5 Å². The van der Waals surface area contributed by atoms with Gasteiger partial charge in [0.15, 0.2) is 10.8 Å². The third kappa shape index (κ3) is 6.18. The van der Waals surface area contributed by atoms with Crippen LogP contribution in [0.4, 0.5) is 22.7 Å². The van der Waals surface area contributed by atoms with Gasteiger partial charge in [0.2, 0.25) is 0 Å². The average molecular weight is 522 g/mol. The fraction of sp³-hybridized carbons (Fsp3) is 0.308. The predicted octanol–water partition coefficient (Wildman–Crippen LogP) is 4.71. The third-order valence-electron chi connectivity index (χ3n) is 6.14. The number of hydrogen-bond acceptors (Lipinski definition) is 9. The zero-order chi connectivity index (χ0) is 26.7. The molecular formula is C26H31N7O3S. The topological polar surface area (TPSA) is 130 Å². The molecule has 37 heavy (non-hydrogen) atoms. The molecule has 0 saturated carbocycles. The van der Waals surface area contributed by atoms with Crippen LogP contribution in [-0.4, -0.2) is 41.4 Å². The van der Waals surface area contributed by atoms with Crippen LogP contribution in [0.2, 0.25) is 0 Å². The number of nitrogen functional groups attached to an aromatic ring is 1. The number of carbonyl (C=O) groups excluding carboxylic acids is 1. The molecule has 4 N–H and O–H groups in total. The van der Waals surface area contributed by atoms with Gasteiger partial charge in [-0.25, -0.2) is 4.98 Å². The average Bonchev–Trinajstić information content (AvgIpc) is 3.28. The minimum Gasteiger partial charge on any atom is -0.397 e. The lowest BCUT2D eigenvalue weighted by Crippen LogP contribution is -2.33. The van der Waals surface area contributed by atoms with Crippen LogP contribution in [0.15, 0.2) is 54.5 Å². The van der Waals surface area contributed by atoms with E-state index in [0.717, 1.165) is 33.7 Å². The number of aromatic nitrogens is 1. The number of nitrogens with two attached hydrogens (primary N) is 1. The van der Waals surface area contributed by atoms with Crippen molar-refractivity contribution in [1.29, 1.82) is 0 Å². The zero-order valence-electron chi connectivity index (χ0n) is 21.3. The zero-order valence-corrected chi connectivity index (χ0v) is 22.1. The molecule has 0 unspecified atom stereocenters. The number of anilines is 4. The summed E-state index contributed by atoms with van der Waals surface area (Å²) in [5, 5.41) is 17.8. The molecule has 3 aromatic rings. The number of hydrogen-bond donors (Lipinski definition) is 3. The van der Waals surface area contributed by atoms with Crippen molar-refractivity contribution in [3.05, 3.63) is 85.7 Å². The highest BCUT2D eigenvalue weighted by molar-refractivity contribution is 7.13. The summed E-state index contributed by atoms with van der Waals surface area (Å²) in [6.07, 6.45) is 1.55. The molecule has 1 amide bonds. The van der Waals surface area contributed by atoms with E-state index in [-0.39, 0.29) is 5.91 Å². The number of carbonyl (C=O) groups is 1. The van der Waals surface area contributed by atoms with E-state index in [4.69, 9.17) is 5.73 Å². The van der Waals surface area contributed by atoms with Crippen molar-refractivity contribution < 1.29 is 9.72 Å². The molecule has 0 atom stereocenters. The summed E-state index contributed by atoms with van der Waals surface area (Å²) in [4.78, 5) is 33.2. The molecule has 194 valence electrons. The number of thiazole rings is 1. The Balaban J connectivity index is 1.50. The first kappa shape index (κ1) is 26.0. The van der Waals surface area contributed by atoms with Crippen molar-refractivity contribution in [2.24, 2.45) is 0 Å². The Labute approximate surface area is 219 Å². The molecule has 0 spiro atoms. The number of rotatable bonds is 8. The summed E-state index contributed by atoms with van der Waals surface area (Å²) >= 11 is 1.29. The van der Waals surface area contributed by atoms with E-state index in [0.29, 0.717) is 47.6 Å². The fourth-order valence-electron chi connectivity index (χ4n) is 4.00. The number of nitro groups is 1. The molecule has 0 bridgehead atoms. The van der Waals surface area contributed by atoms with Crippen molar-refractivity contribution in [2.45, 2.75) is 32.7 Å². The summed E-state index contributed by atoms with van der Waals surface area (Å²) in [5.74, 6) is 0.361. The molecule has 0 aliphatic carbocycles. The first-order chi connectivity index (χ1) is 17.6. The largest absolute Gasteiger partial charge is 0.397 e. The van der Waals surface area contributed by atoms with Gasteiger partial charge in [0.1, 0.15) is 0 Å². The van der Waals surface area contributed by atoms with Gasteiger partial charge in [-0.3, -0.25) is 14.9 Å². The van der Waals surface area contributed by atoms with Gasteiger partial charge < -0.3 is 26.2 Å². The predicted molar refractivity (Wildman–Crippen MR) is 149 cm³/mol. The Hall–Kier alpha value is -4.12. The van der Waals surface area contributed by atoms with Crippen LogP contribution in [-0.2, 0) is 13.0 Å². The minimum atomic E-state index is -0.465. The van der Waals surface area contributed by atoms with Crippen molar-refractivity contribution in [3.8, 4) is 0 Å². The standard InChI is InChI=1S/C26H31N7O3S/c1-16(2)17-5-10-20(27)22(13-17)29-25(34)26-30-21-11-12-32(14-23(21)37-26)24(15-33(35)36)28-18-6-8-19(9-7-18)31(3)4/h5-10,13,15-16,28H,11-12,14,27H2,1-4H3,(H,29,34). The van der Waals surface area contributed by atoms with Crippen molar-refractivity contribution in [3.63, 3.8) is 0 Å². The van der Waals surface area contributed by atoms with Crippen LogP contribution in [0.25, 0.3) is 0 Å². The van der Waals surface area contributed by atoms with Crippen LogP contribution in [0.5, 0.6) is 0 Å². The molecule has 0 saturated heterocycles. The molecule has 0 fully saturated rings. The molecule has 1 aliphatic rings. The van der Waals surface area contributed by atoms with Gasteiger partial charge in [-0.1, -0.05) is 19.9 Å². The summed E-state index contributed by atoms with van der Waals surface area (Å²) in [7, 11) is 3.90. The van der Waals surface area contributed by atoms with Crippen molar-refractivity contribution in [2.75, 3.05) is 41.9 Å². The Morgan fingerprint density at radius 2 is 1.95 bits per heavy atom. The molecular weight excluding hydrogens is 490 g/mol. The van der Waals surface area contributed by atoms with Gasteiger partial charge in [0, 0.05) is 43.3 Å². The Morgan fingerprint density at radius 1 is 1.22 bits per heavy atom. The summed E-state index contributed by atoms with van der Waals surface area (Å²) in [5.41, 5.74) is 10.8. The van der Waals surface area contributed by atoms with Gasteiger partial charge in [0.05, 0.1) is 28.5 Å². The molecule has 4 rings (SSSR count).